The van der Waals surface area contributed by atoms with Crippen molar-refractivity contribution in [2.45, 2.75) is 0 Å². The molecule has 0 amide bonds. The highest BCUT2D eigenvalue weighted by Gasteiger charge is 2.18. The Balaban J connectivity index is 1.96. The molecule has 4 rings (SSSR count). The van der Waals surface area contributed by atoms with Gasteiger partial charge in [-0.1, -0.05) is 60.7 Å². The monoisotopic (exact) mass is 371 g/mol. The molecule has 0 atom stereocenters. The molecular weight excluding hydrogens is 358 g/mol. The minimum absolute atomic E-state index is 0.0911. The van der Waals surface area contributed by atoms with Gasteiger partial charge in [0, 0.05) is 11.1 Å². The molecule has 7 nitrogen and oxygen atoms in total. The number of H-pyrrole nitrogens is 1. The Kier molecular flexibility index (Phi) is 4.20. The summed E-state index contributed by atoms with van der Waals surface area (Å²) in [5.41, 5.74) is 8.35. The highest BCUT2D eigenvalue weighted by atomic mass is 32.1. The van der Waals surface area contributed by atoms with Gasteiger partial charge in [-0.3, -0.25) is 5.10 Å². The molecule has 0 saturated heterocycles. The summed E-state index contributed by atoms with van der Waals surface area (Å²) in [7, 11) is 0. The predicted octanol–water partition coefficient (Wildman–Crippen LogP) is 3.51. The summed E-state index contributed by atoms with van der Waals surface area (Å²) >= 11 is 5.20. The van der Waals surface area contributed by atoms with Crippen LogP contribution in [-0.4, -0.2) is 24.7 Å². The molecule has 0 unspecified atom stereocenters. The van der Waals surface area contributed by atoms with E-state index >= 15 is 0 Å². The zero-order valence-electron chi connectivity index (χ0n) is 14.0. The minimum atomic E-state index is 0.0911. The van der Waals surface area contributed by atoms with E-state index in [1.165, 1.54) is 0 Å². The van der Waals surface area contributed by atoms with Gasteiger partial charge in [-0.2, -0.15) is 15.2 Å². The first kappa shape index (κ1) is 16.6. The maximum absolute atomic E-state index is 9.51. The Morgan fingerprint density at radius 1 is 0.926 bits per heavy atom. The molecule has 2 heterocycles. The van der Waals surface area contributed by atoms with Crippen molar-refractivity contribution in [3.05, 3.63) is 71.0 Å². The highest BCUT2D eigenvalue weighted by Crippen LogP contribution is 2.26. The van der Waals surface area contributed by atoms with Gasteiger partial charge in [-0.15, -0.1) is 0 Å². The average Bonchev–Trinajstić information content (AvgIpc) is 3.10. The van der Waals surface area contributed by atoms with Gasteiger partial charge < -0.3 is 5.73 Å². The van der Waals surface area contributed by atoms with Crippen LogP contribution in [0.1, 0.15) is 5.56 Å². The molecule has 0 aliphatic rings. The lowest BCUT2D eigenvalue weighted by Crippen LogP contribution is -2.10. The summed E-state index contributed by atoms with van der Waals surface area (Å²) in [5.74, 6) is 0.907. The lowest BCUT2D eigenvalue weighted by Gasteiger charge is -2.10. The maximum Gasteiger partial charge on any atom is 0.253 e. The summed E-state index contributed by atoms with van der Waals surface area (Å²) in [6.07, 6.45) is 0. The first-order valence-electron chi connectivity index (χ1n) is 8.05. The Morgan fingerprint density at radius 3 is 2.19 bits per heavy atom. The molecule has 0 bridgehead atoms. The molecular formula is C19H13N7S. The standard InChI is InChI=1S/C19H13N7S/c20-11-14-15(12-7-3-1-4-8-12)22-18(23-16(14)21)26-17(24-19(27)25-26)13-9-5-2-6-10-13/h1-10H,(H,25,27)(H2,21,22,23). The number of anilines is 1. The van der Waals surface area contributed by atoms with Crippen LogP contribution in [0, 0.1) is 16.1 Å². The van der Waals surface area contributed by atoms with Crippen molar-refractivity contribution >= 4 is 18.0 Å². The molecule has 0 aliphatic carbocycles. The number of nitriles is 1. The fourth-order valence-corrected chi connectivity index (χ4v) is 2.90. The fourth-order valence-electron chi connectivity index (χ4n) is 2.73. The van der Waals surface area contributed by atoms with E-state index in [0.717, 1.165) is 11.1 Å². The summed E-state index contributed by atoms with van der Waals surface area (Å²) in [6.45, 7) is 0. The van der Waals surface area contributed by atoms with Crippen LogP contribution >= 0.6 is 12.2 Å². The second-order valence-corrected chi connectivity index (χ2v) is 6.05. The summed E-state index contributed by atoms with van der Waals surface area (Å²) in [6, 6.07) is 21.0. The first-order valence-corrected chi connectivity index (χ1v) is 8.46. The molecule has 2 aromatic heterocycles. The number of aromatic nitrogens is 5. The molecule has 4 aromatic rings. The largest absolute Gasteiger partial charge is 0.382 e. The van der Waals surface area contributed by atoms with Gasteiger partial charge in [0.1, 0.15) is 17.5 Å². The molecule has 2 aromatic carbocycles. The van der Waals surface area contributed by atoms with E-state index in [9.17, 15) is 5.26 Å². The Hall–Kier alpha value is -3.83. The van der Waals surface area contributed by atoms with Gasteiger partial charge in [-0.05, 0) is 12.2 Å². The van der Waals surface area contributed by atoms with Gasteiger partial charge in [0.05, 0.1) is 5.69 Å². The second kappa shape index (κ2) is 6.82. The van der Waals surface area contributed by atoms with Gasteiger partial charge >= 0.3 is 0 Å². The van der Waals surface area contributed by atoms with E-state index in [4.69, 9.17) is 18.0 Å². The predicted molar refractivity (Wildman–Crippen MR) is 104 cm³/mol. The molecule has 3 N–H and O–H groups in total. The number of benzene rings is 2. The van der Waals surface area contributed by atoms with Crippen LogP contribution in [0.4, 0.5) is 5.82 Å². The highest BCUT2D eigenvalue weighted by molar-refractivity contribution is 7.71. The van der Waals surface area contributed by atoms with E-state index in [2.05, 4.69) is 26.1 Å². The van der Waals surface area contributed by atoms with Crippen LogP contribution < -0.4 is 5.73 Å². The second-order valence-electron chi connectivity index (χ2n) is 5.66. The number of hydrogen-bond acceptors (Lipinski definition) is 6. The molecule has 0 radical (unpaired) electrons. The number of aromatic amines is 1. The lowest BCUT2D eigenvalue weighted by atomic mass is 10.1. The van der Waals surface area contributed by atoms with E-state index in [0.29, 0.717) is 16.3 Å². The Labute approximate surface area is 159 Å². The zero-order chi connectivity index (χ0) is 18.8. The molecule has 130 valence electrons. The van der Waals surface area contributed by atoms with E-state index in [-0.39, 0.29) is 17.3 Å². The number of nitrogens with two attached hydrogens (primary N) is 1. The van der Waals surface area contributed by atoms with Gasteiger partial charge in [0.25, 0.3) is 5.95 Å². The zero-order valence-corrected chi connectivity index (χ0v) is 14.8. The van der Waals surface area contributed by atoms with E-state index < -0.39 is 0 Å². The van der Waals surface area contributed by atoms with Gasteiger partial charge in [0.2, 0.25) is 4.77 Å². The molecule has 27 heavy (non-hydrogen) atoms. The van der Waals surface area contributed by atoms with E-state index in [1.807, 2.05) is 60.7 Å². The summed E-state index contributed by atoms with van der Waals surface area (Å²) < 4.78 is 1.86. The molecule has 0 saturated carbocycles. The number of nitrogens with zero attached hydrogens (tertiary/aromatic N) is 5. The average molecular weight is 371 g/mol. The van der Waals surface area contributed by atoms with Crippen LogP contribution in [0.15, 0.2) is 60.7 Å². The fraction of sp³-hybridized carbons (Fsp3) is 0. The number of nitrogens with one attached hydrogen (secondary N) is 1. The summed E-state index contributed by atoms with van der Waals surface area (Å²) in [4.78, 5) is 13.2. The number of hydrogen-bond donors (Lipinski definition) is 2. The van der Waals surface area contributed by atoms with Crippen molar-refractivity contribution in [2.75, 3.05) is 5.73 Å². The third kappa shape index (κ3) is 3.07. The molecule has 0 fully saturated rings. The van der Waals surface area contributed by atoms with Crippen molar-refractivity contribution in [3.8, 4) is 34.7 Å². The molecule has 8 heteroatoms. The van der Waals surface area contributed by atoms with Crippen LogP contribution in [-0.2, 0) is 0 Å². The lowest BCUT2D eigenvalue weighted by molar-refractivity contribution is 0.813. The van der Waals surface area contributed by atoms with Crippen molar-refractivity contribution in [2.24, 2.45) is 0 Å². The third-order valence-electron chi connectivity index (χ3n) is 3.94. The normalized spacial score (nSPS) is 10.5. The Bertz CT molecular complexity index is 1200. The van der Waals surface area contributed by atoms with Crippen molar-refractivity contribution in [1.29, 1.82) is 5.26 Å². The molecule has 0 spiro atoms. The molecule has 0 aliphatic heterocycles. The third-order valence-corrected chi connectivity index (χ3v) is 4.13. The van der Waals surface area contributed by atoms with Crippen molar-refractivity contribution < 1.29 is 0 Å². The van der Waals surface area contributed by atoms with Gasteiger partial charge in [-0.25, -0.2) is 9.67 Å². The SMILES string of the molecule is N#Cc1c(N)nc(-n2[nH]c(=S)nc2-c2ccccc2)nc1-c1ccccc1. The topological polar surface area (TPSA) is 109 Å². The van der Waals surface area contributed by atoms with E-state index in [1.54, 1.807) is 4.68 Å². The van der Waals surface area contributed by atoms with Crippen LogP contribution in [0.5, 0.6) is 0 Å². The smallest absolute Gasteiger partial charge is 0.253 e. The van der Waals surface area contributed by atoms with Crippen LogP contribution in [0.25, 0.3) is 28.6 Å². The van der Waals surface area contributed by atoms with Crippen LogP contribution in [0.3, 0.4) is 0 Å². The quantitative estimate of drug-likeness (QED) is 0.533. The Morgan fingerprint density at radius 2 is 1.56 bits per heavy atom. The minimum Gasteiger partial charge on any atom is -0.382 e. The van der Waals surface area contributed by atoms with Gasteiger partial charge in [0.15, 0.2) is 5.82 Å². The number of rotatable bonds is 3. The maximum atomic E-state index is 9.51. The first-order chi connectivity index (χ1) is 13.2. The number of nitrogen functional groups attached to an aromatic ring is 1. The van der Waals surface area contributed by atoms with Crippen molar-refractivity contribution in [3.63, 3.8) is 0 Å². The van der Waals surface area contributed by atoms with Crippen molar-refractivity contribution in [1.82, 2.24) is 24.7 Å². The summed E-state index contributed by atoms with van der Waals surface area (Å²) in [5, 5.41) is 12.5. The van der Waals surface area contributed by atoms with Crippen LogP contribution in [0.2, 0.25) is 0 Å².